The number of nitrogens with zero attached hydrogens (tertiary/aromatic N) is 2. The molecule has 6 nitrogen and oxygen atoms in total. The minimum atomic E-state index is -0.925. The SMILES string of the molecule is Cc1noc(C)c1C[C@@H](C)NC(=O)N1CCO[C@H](c2ccc(F)c(F)c2)C1. The molecule has 2 amide bonds. The normalized spacial score (nSPS) is 18.4. The highest BCUT2D eigenvalue weighted by Gasteiger charge is 2.27. The summed E-state index contributed by atoms with van der Waals surface area (Å²) in [6, 6.07) is 3.33. The molecule has 1 saturated heterocycles. The van der Waals surface area contributed by atoms with Crippen molar-refractivity contribution in [1.29, 1.82) is 0 Å². The molecule has 1 fully saturated rings. The van der Waals surface area contributed by atoms with Crippen LogP contribution >= 0.6 is 0 Å². The van der Waals surface area contributed by atoms with Gasteiger partial charge in [-0.15, -0.1) is 0 Å². The first kappa shape index (κ1) is 19.3. The van der Waals surface area contributed by atoms with E-state index in [9.17, 15) is 13.6 Å². The molecular formula is C19H23F2N3O3. The number of rotatable bonds is 4. The number of hydrogen-bond donors (Lipinski definition) is 1. The molecule has 1 aromatic heterocycles. The van der Waals surface area contributed by atoms with Crippen LogP contribution in [0.4, 0.5) is 13.6 Å². The van der Waals surface area contributed by atoms with Crippen molar-refractivity contribution in [3.05, 3.63) is 52.4 Å². The number of aromatic nitrogens is 1. The van der Waals surface area contributed by atoms with Crippen LogP contribution in [0.5, 0.6) is 0 Å². The van der Waals surface area contributed by atoms with Gasteiger partial charge in [0.05, 0.1) is 18.8 Å². The highest BCUT2D eigenvalue weighted by atomic mass is 19.2. The molecule has 2 atom stereocenters. The summed E-state index contributed by atoms with van der Waals surface area (Å²) in [5.41, 5.74) is 2.32. The molecule has 1 aliphatic rings. The minimum absolute atomic E-state index is 0.112. The van der Waals surface area contributed by atoms with Gasteiger partial charge < -0.3 is 19.5 Å². The van der Waals surface area contributed by atoms with Gasteiger partial charge in [-0.2, -0.15) is 0 Å². The lowest BCUT2D eigenvalue weighted by Gasteiger charge is -2.34. The third-order valence-corrected chi connectivity index (χ3v) is 4.73. The summed E-state index contributed by atoms with van der Waals surface area (Å²) in [5.74, 6) is -1.08. The van der Waals surface area contributed by atoms with Gasteiger partial charge in [-0.3, -0.25) is 0 Å². The number of morpholine rings is 1. The van der Waals surface area contributed by atoms with Crippen LogP contribution in [0, 0.1) is 25.5 Å². The monoisotopic (exact) mass is 379 g/mol. The Morgan fingerprint density at radius 3 is 2.81 bits per heavy atom. The van der Waals surface area contributed by atoms with Crippen molar-refractivity contribution in [2.75, 3.05) is 19.7 Å². The van der Waals surface area contributed by atoms with Gasteiger partial charge in [0, 0.05) is 18.2 Å². The quantitative estimate of drug-likeness (QED) is 0.885. The Balaban J connectivity index is 1.60. The highest BCUT2D eigenvalue weighted by molar-refractivity contribution is 5.74. The van der Waals surface area contributed by atoms with Crippen LogP contribution in [0.3, 0.4) is 0 Å². The number of urea groups is 1. The van der Waals surface area contributed by atoms with Gasteiger partial charge in [-0.1, -0.05) is 11.2 Å². The summed E-state index contributed by atoms with van der Waals surface area (Å²) in [6.07, 6.45) is 0.126. The number of aryl methyl sites for hydroxylation is 2. The van der Waals surface area contributed by atoms with Crippen LogP contribution in [0.2, 0.25) is 0 Å². The van der Waals surface area contributed by atoms with Crippen LogP contribution in [0.1, 0.15) is 35.6 Å². The fourth-order valence-electron chi connectivity index (χ4n) is 3.20. The Hall–Kier alpha value is -2.48. The lowest BCUT2D eigenvalue weighted by Crippen LogP contribution is -2.49. The Bertz CT molecular complexity index is 805. The number of benzene rings is 1. The molecule has 0 unspecified atom stereocenters. The number of carbonyl (C=O) groups excluding carboxylic acids is 1. The van der Waals surface area contributed by atoms with E-state index in [1.54, 1.807) is 4.90 Å². The molecule has 27 heavy (non-hydrogen) atoms. The van der Waals surface area contributed by atoms with E-state index in [0.717, 1.165) is 29.2 Å². The zero-order valence-electron chi connectivity index (χ0n) is 15.6. The van der Waals surface area contributed by atoms with Crippen molar-refractivity contribution >= 4 is 6.03 Å². The molecule has 0 saturated carbocycles. The van der Waals surface area contributed by atoms with Gasteiger partial charge in [-0.05, 0) is 44.9 Å². The Kier molecular flexibility index (Phi) is 5.74. The predicted molar refractivity (Wildman–Crippen MR) is 94.3 cm³/mol. The molecule has 8 heteroatoms. The number of hydrogen-bond acceptors (Lipinski definition) is 4. The van der Waals surface area contributed by atoms with E-state index < -0.39 is 17.7 Å². The Labute approximate surface area is 156 Å². The number of amides is 2. The van der Waals surface area contributed by atoms with E-state index in [2.05, 4.69) is 10.5 Å². The standard InChI is InChI=1S/C19H23F2N3O3/c1-11(8-15-12(2)23-27-13(15)3)22-19(25)24-6-7-26-18(10-24)14-4-5-16(20)17(21)9-14/h4-5,9,11,18H,6-8,10H2,1-3H3,(H,22,25)/t11-,18+/m1/s1. The first-order valence-electron chi connectivity index (χ1n) is 8.89. The van der Waals surface area contributed by atoms with Gasteiger partial charge in [0.2, 0.25) is 0 Å². The zero-order valence-corrected chi connectivity index (χ0v) is 15.6. The molecular weight excluding hydrogens is 356 g/mol. The van der Waals surface area contributed by atoms with Gasteiger partial charge in [-0.25, -0.2) is 13.6 Å². The smallest absolute Gasteiger partial charge is 0.317 e. The molecule has 0 aliphatic carbocycles. The largest absolute Gasteiger partial charge is 0.370 e. The van der Waals surface area contributed by atoms with Crippen LogP contribution in [-0.4, -0.2) is 41.8 Å². The maximum Gasteiger partial charge on any atom is 0.317 e. The average molecular weight is 379 g/mol. The number of ether oxygens (including phenoxy) is 1. The van der Waals surface area contributed by atoms with Crippen molar-refractivity contribution in [3.63, 3.8) is 0 Å². The van der Waals surface area contributed by atoms with Crippen molar-refractivity contribution in [1.82, 2.24) is 15.4 Å². The van der Waals surface area contributed by atoms with E-state index in [4.69, 9.17) is 9.26 Å². The van der Waals surface area contributed by atoms with Crippen molar-refractivity contribution in [2.24, 2.45) is 0 Å². The lowest BCUT2D eigenvalue weighted by molar-refractivity contribution is -0.0159. The van der Waals surface area contributed by atoms with Gasteiger partial charge >= 0.3 is 6.03 Å². The van der Waals surface area contributed by atoms with Crippen LogP contribution in [-0.2, 0) is 11.2 Å². The van der Waals surface area contributed by atoms with Crippen molar-refractivity contribution in [3.8, 4) is 0 Å². The first-order chi connectivity index (χ1) is 12.8. The molecule has 2 aromatic rings. The summed E-state index contributed by atoms with van der Waals surface area (Å²) in [5, 5.41) is 6.89. The van der Waals surface area contributed by atoms with Gasteiger partial charge in [0.1, 0.15) is 11.9 Å². The van der Waals surface area contributed by atoms with Crippen molar-refractivity contribution < 1.29 is 22.8 Å². The number of nitrogens with one attached hydrogen (secondary N) is 1. The minimum Gasteiger partial charge on any atom is -0.370 e. The molecule has 146 valence electrons. The predicted octanol–water partition coefficient (Wildman–Crippen LogP) is 3.28. The second kappa shape index (κ2) is 8.04. The van der Waals surface area contributed by atoms with Gasteiger partial charge in [0.25, 0.3) is 0 Å². The Morgan fingerprint density at radius 2 is 2.15 bits per heavy atom. The number of halogens is 2. The molecule has 1 aromatic carbocycles. The summed E-state index contributed by atoms with van der Waals surface area (Å²) < 4.78 is 37.4. The molecule has 3 rings (SSSR count). The first-order valence-corrected chi connectivity index (χ1v) is 8.89. The maximum atomic E-state index is 13.5. The average Bonchev–Trinajstić information content (AvgIpc) is 2.96. The molecule has 1 N–H and O–H groups in total. The third kappa shape index (κ3) is 4.44. The molecule has 0 radical (unpaired) electrons. The maximum absolute atomic E-state index is 13.5. The van der Waals surface area contributed by atoms with E-state index in [1.807, 2.05) is 20.8 Å². The molecule has 0 bridgehead atoms. The second-order valence-corrected chi connectivity index (χ2v) is 6.84. The fourth-order valence-corrected chi connectivity index (χ4v) is 3.20. The third-order valence-electron chi connectivity index (χ3n) is 4.73. The summed E-state index contributed by atoms with van der Waals surface area (Å²) in [4.78, 5) is 14.2. The molecule has 1 aliphatic heterocycles. The Morgan fingerprint density at radius 1 is 1.37 bits per heavy atom. The molecule has 2 heterocycles. The van der Waals surface area contributed by atoms with Crippen LogP contribution in [0.15, 0.2) is 22.7 Å². The summed E-state index contributed by atoms with van der Waals surface area (Å²) >= 11 is 0. The number of carbonyl (C=O) groups is 1. The lowest BCUT2D eigenvalue weighted by atomic mass is 10.1. The van der Waals surface area contributed by atoms with E-state index in [0.29, 0.717) is 25.1 Å². The molecule has 0 spiro atoms. The topological polar surface area (TPSA) is 67.6 Å². The summed E-state index contributed by atoms with van der Waals surface area (Å²) in [7, 11) is 0. The highest BCUT2D eigenvalue weighted by Crippen LogP contribution is 2.24. The van der Waals surface area contributed by atoms with Crippen LogP contribution in [0.25, 0.3) is 0 Å². The van der Waals surface area contributed by atoms with E-state index in [-0.39, 0.29) is 18.6 Å². The van der Waals surface area contributed by atoms with E-state index >= 15 is 0 Å². The zero-order chi connectivity index (χ0) is 19.6. The van der Waals surface area contributed by atoms with E-state index in [1.165, 1.54) is 6.07 Å². The summed E-state index contributed by atoms with van der Waals surface area (Å²) in [6.45, 7) is 6.67. The van der Waals surface area contributed by atoms with Gasteiger partial charge in [0.15, 0.2) is 11.6 Å². The van der Waals surface area contributed by atoms with Crippen LogP contribution < -0.4 is 5.32 Å². The second-order valence-electron chi connectivity index (χ2n) is 6.84. The van der Waals surface area contributed by atoms with Crippen molar-refractivity contribution in [2.45, 2.75) is 39.3 Å². The fraction of sp³-hybridized carbons (Fsp3) is 0.474.